The summed E-state index contributed by atoms with van der Waals surface area (Å²) >= 11 is 1.63. The second-order valence-corrected chi connectivity index (χ2v) is 7.93. The number of benzene rings is 2. The van der Waals surface area contributed by atoms with Crippen molar-refractivity contribution in [3.05, 3.63) is 83.8 Å². The zero-order valence-electron chi connectivity index (χ0n) is 16.1. The van der Waals surface area contributed by atoms with Crippen LogP contribution in [0.3, 0.4) is 0 Å². The molecule has 6 heteroatoms. The van der Waals surface area contributed by atoms with Crippen LogP contribution in [0, 0.1) is 0 Å². The zero-order chi connectivity index (χ0) is 20.2. The van der Waals surface area contributed by atoms with E-state index in [-0.39, 0.29) is 22.9 Å². The molecule has 1 aliphatic rings. The molecule has 0 bridgehead atoms. The van der Waals surface area contributed by atoms with E-state index in [2.05, 4.69) is 18.3 Å². The maximum absolute atomic E-state index is 12.7. The summed E-state index contributed by atoms with van der Waals surface area (Å²) in [5.74, 6) is 0.564. The molecule has 5 nitrogen and oxygen atoms in total. The fourth-order valence-electron chi connectivity index (χ4n) is 3.49. The molecule has 2 heterocycles. The van der Waals surface area contributed by atoms with Gasteiger partial charge in [-0.15, -0.1) is 11.8 Å². The molecule has 3 aromatic rings. The number of hydrogen-bond donors (Lipinski definition) is 1. The van der Waals surface area contributed by atoms with Gasteiger partial charge in [0.15, 0.2) is 5.76 Å². The highest BCUT2D eigenvalue weighted by Crippen LogP contribution is 2.43. The van der Waals surface area contributed by atoms with Crippen molar-refractivity contribution in [2.45, 2.75) is 25.1 Å². The third-order valence-corrected chi connectivity index (χ3v) is 6.05. The summed E-state index contributed by atoms with van der Waals surface area (Å²) in [7, 11) is 0. The average Bonchev–Trinajstić information content (AvgIpc) is 3.40. The molecule has 1 atom stereocenters. The summed E-state index contributed by atoms with van der Waals surface area (Å²) in [6.45, 7) is 2.14. The van der Waals surface area contributed by atoms with Crippen LogP contribution in [0.15, 0.2) is 71.3 Å². The SMILES string of the molecule is CCCc1ccccc1N1C(=O)CS[C@H]1c1ccc(NC(=O)c2ccco2)cc1. The number of thioether (sulfide) groups is 1. The molecular formula is C23H22N2O3S. The highest BCUT2D eigenvalue weighted by Gasteiger charge is 2.34. The summed E-state index contributed by atoms with van der Waals surface area (Å²) < 4.78 is 5.12. The third-order valence-electron chi connectivity index (χ3n) is 4.84. The van der Waals surface area contributed by atoms with E-state index < -0.39 is 0 Å². The Bertz CT molecular complexity index is 999. The van der Waals surface area contributed by atoms with Crippen molar-refractivity contribution in [2.24, 2.45) is 0 Å². The first kappa shape index (κ1) is 19.3. The Balaban J connectivity index is 1.56. The summed E-state index contributed by atoms with van der Waals surface area (Å²) in [5.41, 5.74) is 3.90. The number of carbonyl (C=O) groups excluding carboxylic acids is 2. The second-order valence-electron chi connectivity index (χ2n) is 6.86. The lowest BCUT2D eigenvalue weighted by atomic mass is 10.1. The van der Waals surface area contributed by atoms with Crippen molar-refractivity contribution in [3.63, 3.8) is 0 Å². The van der Waals surface area contributed by atoms with Crippen LogP contribution in [0.25, 0.3) is 0 Å². The lowest BCUT2D eigenvalue weighted by molar-refractivity contribution is -0.115. The molecule has 1 aromatic heterocycles. The van der Waals surface area contributed by atoms with Gasteiger partial charge < -0.3 is 9.73 Å². The monoisotopic (exact) mass is 406 g/mol. The molecule has 0 aliphatic carbocycles. The van der Waals surface area contributed by atoms with Crippen molar-refractivity contribution < 1.29 is 14.0 Å². The summed E-state index contributed by atoms with van der Waals surface area (Å²) in [5, 5.41) is 2.75. The van der Waals surface area contributed by atoms with Crippen LogP contribution in [-0.4, -0.2) is 17.6 Å². The van der Waals surface area contributed by atoms with E-state index in [1.54, 1.807) is 23.9 Å². The number of aryl methyl sites for hydroxylation is 1. The van der Waals surface area contributed by atoms with Crippen molar-refractivity contribution in [3.8, 4) is 0 Å². The number of nitrogens with zero attached hydrogens (tertiary/aromatic N) is 1. The molecule has 2 aromatic carbocycles. The molecule has 2 amide bonds. The van der Waals surface area contributed by atoms with Crippen LogP contribution >= 0.6 is 11.8 Å². The number of para-hydroxylation sites is 1. The predicted octanol–water partition coefficient (Wildman–Crippen LogP) is 5.26. The van der Waals surface area contributed by atoms with Gasteiger partial charge in [0.1, 0.15) is 5.37 Å². The maximum Gasteiger partial charge on any atom is 0.291 e. The number of amides is 2. The zero-order valence-corrected chi connectivity index (χ0v) is 16.9. The first-order chi connectivity index (χ1) is 14.2. The highest BCUT2D eigenvalue weighted by atomic mass is 32.2. The molecule has 148 valence electrons. The van der Waals surface area contributed by atoms with Gasteiger partial charge in [-0.1, -0.05) is 43.7 Å². The van der Waals surface area contributed by atoms with Crippen LogP contribution in [0.1, 0.15) is 40.4 Å². The van der Waals surface area contributed by atoms with Gasteiger partial charge >= 0.3 is 0 Å². The fourth-order valence-corrected chi connectivity index (χ4v) is 4.66. The van der Waals surface area contributed by atoms with Crippen molar-refractivity contribution in [1.82, 2.24) is 0 Å². The minimum atomic E-state index is -0.289. The molecule has 1 N–H and O–H groups in total. The summed E-state index contributed by atoms with van der Waals surface area (Å²) in [4.78, 5) is 26.7. The van der Waals surface area contributed by atoms with E-state index in [0.29, 0.717) is 11.4 Å². The largest absolute Gasteiger partial charge is 0.459 e. The lowest BCUT2D eigenvalue weighted by Crippen LogP contribution is -2.28. The lowest BCUT2D eigenvalue weighted by Gasteiger charge is -2.26. The Hall–Kier alpha value is -2.99. The normalized spacial score (nSPS) is 16.2. The van der Waals surface area contributed by atoms with Gasteiger partial charge in [-0.3, -0.25) is 14.5 Å². The second kappa shape index (κ2) is 8.57. The third kappa shape index (κ3) is 4.07. The van der Waals surface area contributed by atoms with Crippen LogP contribution in [0.4, 0.5) is 11.4 Å². The van der Waals surface area contributed by atoms with Gasteiger partial charge in [-0.05, 0) is 47.9 Å². The standard InChI is InChI=1S/C23H22N2O3S/c1-2-6-16-7-3-4-8-19(16)25-21(26)15-29-23(25)17-10-12-18(13-11-17)24-22(27)20-9-5-14-28-20/h3-5,7-14,23H,2,6,15H2,1H3,(H,24,27)/t23-/m0/s1. The molecule has 1 saturated heterocycles. The molecule has 0 unspecified atom stereocenters. The first-order valence-electron chi connectivity index (χ1n) is 9.63. The smallest absolute Gasteiger partial charge is 0.291 e. The van der Waals surface area contributed by atoms with Gasteiger partial charge in [0, 0.05) is 11.4 Å². The molecular weight excluding hydrogens is 384 g/mol. The van der Waals surface area contributed by atoms with Gasteiger partial charge in [0.05, 0.1) is 12.0 Å². The van der Waals surface area contributed by atoms with Crippen LogP contribution in [0.2, 0.25) is 0 Å². The van der Waals surface area contributed by atoms with E-state index in [1.165, 1.54) is 11.8 Å². The number of carbonyl (C=O) groups is 2. The van der Waals surface area contributed by atoms with Crippen LogP contribution < -0.4 is 10.2 Å². The maximum atomic E-state index is 12.7. The van der Waals surface area contributed by atoms with E-state index in [4.69, 9.17) is 4.42 Å². The highest BCUT2D eigenvalue weighted by molar-refractivity contribution is 8.00. The Morgan fingerprint density at radius 3 is 2.66 bits per heavy atom. The number of anilines is 2. The Kier molecular flexibility index (Phi) is 5.71. The summed E-state index contributed by atoms with van der Waals surface area (Å²) in [6, 6.07) is 19.1. The molecule has 0 spiro atoms. The van der Waals surface area contributed by atoms with Gasteiger partial charge in [-0.25, -0.2) is 0 Å². The molecule has 29 heavy (non-hydrogen) atoms. The Morgan fingerprint density at radius 2 is 1.93 bits per heavy atom. The van der Waals surface area contributed by atoms with E-state index in [1.807, 2.05) is 47.4 Å². The Morgan fingerprint density at radius 1 is 1.14 bits per heavy atom. The van der Waals surface area contributed by atoms with Gasteiger partial charge in [0.2, 0.25) is 5.91 Å². The number of hydrogen-bond acceptors (Lipinski definition) is 4. The van der Waals surface area contributed by atoms with Gasteiger partial charge in [-0.2, -0.15) is 0 Å². The van der Waals surface area contributed by atoms with E-state index >= 15 is 0 Å². The summed E-state index contributed by atoms with van der Waals surface area (Å²) in [6.07, 6.45) is 3.44. The number of rotatable bonds is 6. The minimum Gasteiger partial charge on any atom is -0.459 e. The van der Waals surface area contributed by atoms with E-state index in [9.17, 15) is 9.59 Å². The fraction of sp³-hybridized carbons (Fsp3) is 0.217. The van der Waals surface area contributed by atoms with Gasteiger partial charge in [0.25, 0.3) is 5.91 Å². The quantitative estimate of drug-likeness (QED) is 0.606. The molecule has 1 fully saturated rings. The minimum absolute atomic E-state index is 0.0738. The van der Waals surface area contributed by atoms with Crippen LogP contribution in [-0.2, 0) is 11.2 Å². The Labute approximate surface area is 174 Å². The van der Waals surface area contributed by atoms with E-state index in [0.717, 1.165) is 24.1 Å². The molecule has 0 radical (unpaired) electrons. The molecule has 1 aliphatic heterocycles. The van der Waals surface area contributed by atoms with Crippen molar-refractivity contribution in [1.29, 1.82) is 0 Å². The van der Waals surface area contributed by atoms with Crippen LogP contribution in [0.5, 0.6) is 0 Å². The predicted molar refractivity (Wildman–Crippen MR) is 116 cm³/mol. The van der Waals surface area contributed by atoms with Crippen molar-refractivity contribution in [2.75, 3.05) is 16.0 Å². The molecule has 0 saturated carbocycles. The molecule has 4 rings (SSSR count). The average molecular weight is 407 g/mol. The topological polar surface area (TPSA) is 62.6 Å². The number of furan rings is 1. The number of nitrogens with one attached hydrogen (secondary N) is 1. The van der Waals surface area contributed by atoms with Crippen molar-refractivity contribution >= 4 is 35.0 Å². The first-order valence-corrected chi connectivity index (χ1v) is 10.7.